The van der Waals surface area contributed by atoms with Gasteiger partial charge < -0.3 is 4.90 Å². The van der Waals surface area contributed by atoms with E-state index in [0.29, 0.717) is 12.4 Å². The number of hydrogen-bond donors (Lipinski definition) is 0. The highest BCUT2D eigenvalue weighted by Crippen LogP contribution is 2.21. The number of rotatable bonds is 2. The van der Waals surface area contributed by atoms with Gasteiger partial charge in [-0.3, -0.25) is 9.79 Å². The quantitative estimate of drug-likeness (QED) is 0.753. The van der Waals surface area contributed by atoms with Gasteiger partial charge in [-0.15, -0.1) is 0 Å². The Morgan fingerprint density at radius 3 is 3.07 bits per heavy atom. The standard InChI is InChI=1S/C10H9BrN2O/c11-8-2-1-3-9(6-8)13-5-4-12-10(13)7-14/h1-3,6-7H,4-5H2. The molecule has 0 saturated heterocycles. The van der Waals surface area contributed by atoms with Crippen molar-refractivity contribution in [3.63, 3.8) is 0 Å². The van der Waals surface area contributed by atoms with Crippen LogP contribution >= 0.6 is 15.9 Å². The van der Waals surface area contributed by atoms with E-state index in [-0.39, 0.29) is 0 Å². The number of amidine groups is 1. The van der Waals surface area contributed by atoms with Gasteiger partial charge in [0.05, 0.1) is 6.54 Å². The number of hydrogen-bond acceptors (Lipinski definition) is 3. The molecule has 0 radical (unpaired) electrons. The summed E-state index contributed by atoms with van der Waals surface area (Å²) in [6, 6.07) is 7.84. The lowest BCUT2D eigenvalue weighted by Gasteiger charge is -2.17. The molecule has 0 unspecified atom stereocenters. The first-order valence-electron chi connectivity index (χ1n) is 4.34. The molecule has 72 valence electrons. The summed E-state index contributed by atoms with van der Waals surface area (Å²) in [7, 11) is 0. The average Bonchev–Trinajstić information content (AvgIpc) is 2.65. The first-order valence-corrected chi connectivity index (χ1v) is 5.13. The van der Waals surface area contributed by atoms with Crippen molar-refractivity contribution in [1.29, 1.82) is 0 Å². The highest BCUT2D eigenvalue weighted by atomic mass is 79.9. The number of carbonyl (C=O) groups is 1. The zero-order chi connectivity index (χ0) is 9.97. The molecule has 0 atom stereocenters. The third-order valence-electron chi connectivity index (χ3n) is 2.10. The molecule has 0 saturated carbocycles. The summed E-state index contributed by atoms with van der Waals surface area (Å²) in [4.78, 5) is 16.7. The fraction of sp³-hybridized carbons (Fsp3) is 0.200. The fourth-order valence-electron chi connectivity index (χ4n) is 1.47. The van der Waals surface area contributed by atoms with Crippen LogP contribution in [0, 0.1) is 0 Å². The molecule has 4 heteroatoms. The van der Waals surface area contributed by atoms with Crippen LogP contribution in [0.3, 0.4) is 0 Å². The molecule has 0 aromatic heterocycles. The molecular weight excluding hydrogens is 244 g/mol. The van der Waals surface area contributed by atoms with Crippen molar-refractivity contribution in [3.05, 3.63) is 28.7 Å². The van der Waals surface area contributed by atoms with Crippen LogP contribution in [-0.2, 0) is 4.79 Å². The van der Waals surface area contributed by atoms with E-state index in [1.165, 1.54) is 0 Å². The molecular formula is C10H9BrN2O. The number of carbonyl (C=O) groups excluding carboxylic acids is 1. The number of aliphatic imine (C=N–C) groups is 1. The Kier molecular flexibility index (Phi) is 2.63. The topological polar surface area (TPSA) is 32.7 Å². The first-order chi connectivity index (χ1) is 6.81. The van der Waals surface area contributed by atoms with Gasteiger partial charge in [-0.1, -0.05) is 22.0 Å². The van der Waals surface area contributed by atoms with E-state index in [1.54, 1.807) is 0 Å². The van der Waals surface area contributed by atoms with Crippen LogP contribution in [0.15, 0.2) is 33.7 Å². The van der Waals surface area contributed by atoms with Crippen molar-refractivity contribution in [3.8, 4) is 0 Å². The Hall–Kier alpha value is -1.16. The molecule has 1 aromatic rings. The van der Waals surface area contributed by atoms with Gasteiger partial charge in [0.1, 0.15) is 0 Å². The van der Waals surface area contributed by atoms with Crippen LogP contribution in [0.1, 0.15) is 0 Å². The lowest BCUT2D eigenvalue weighted by atomic mass is 10.3. The number of nitrogens with zero attached hydrogens (tertiary/aromatic N) is 2. The summed E-state index contributed by atoms with van der Waals surface area (Å²) >= 11 is 3.40. The fourth-order valence-corrected chi connectivity index (χ4v) is 1.86. The predicted molar refractivity (Wildman–Crippen MR) is 59.9 cm³/mol. The van der Waals surface area contributed by atoms with E-state index < -0.39 is 0 Å². The summed E-state index contributed by atoms with van der Waals surface area (Å²) < 4.78 is 1.01. The van der Waals surface area contributed by atoms with Gasteiger partial charge in [-0.25, -0.2) is 0 Å². The zero-order valence-corrected chi connectivity index (χ0v) is 9.07. The molecule has 3 nitrogen and oxygen atoms in total. The Labute approximate surface area is 90.6 Å². The van der Waals surface area contributed by atoms with Crippen molar-refractivity contribution in [2.24, 2.45) is 4.99 Å². The maximum absolute atomic E-state index is 10.7. The maximum Gasteiger partial charge on any atom is 0.185 e. The van der Waals surface area contributed by atoms with Crippen molar-refractivity contribution in [1.82, 2.24) is 0 Å². The summed E-state index contributed by atoms with van der Waals surface area (Å²) in [6.45, 7) is 1.48. The van der Waals surface area contributed by atoms with E-state index in [4.69, 9.17) is 0 Å². The zero-order valence-electron chi connectivity index (χ0n) is 7.48. The lowest BCUT2D eigenvalue weighted by molar-refractivity contribution is -0.102. The monoisotopic (exact) mass is 252 g/mol. The summed E-state index contributed by atoms with van der Waals surface area (Å²) in [5.74, 6) is 0.517. The van der Waals surface area contributed by atoms with Crippen LogP contribution in [0.4, 0.5) is 5.69 Å². The van der Waals surface area contributed by atoms with Crippen LogP contribution < -0.4 is 4.90 Å². The van der Waals surface area contributed by atoms with E-state index in [1.807, 2.05) is 29.2 Å². The average molecular weight is 253 g/mol. The van der Waals surface area contributed by atoms with Crippen LogP contribution in [0.25, 0.3) is 0 Å². The van der Waals surface area contributed by atoms with Gasteiger partial charge >= 0.3 is 0 Å². The first kappa shape index (κ1) is 9.40. The van der Waals surface area contributed by atoms with E-state index in [9.17, 15) is 4.79 Å². The minimum Gasteiger partial charge on any atom is -0.322 e. The van der Waals surface area contributed by atoms with Crippen molar-refractivity contribution >= 4 is 33.7 Å². The normalized spacial score (nSPS) is 15.5. The predicted octanol–water partition coefficient (Wildman–Crippen LogP) is 1.87. The third kappa shape index (κ3) is 1.70. The number of anilines is 1. The summed E-state index contributed by atoms with van der Waals surface area (Å²) in [5, 5.41) is 0. The minimum absolute atomic E-state index is 0.517. The molecule has 1 aromatic carbocycles. The smallest absolute Gasteiger partial charge is 0.185 e. The Morgan fingerprint density at radius 1 is 1.50 bits per heavy atom. The highest BCUT2D eigenvalue weighted by molar-refractivity contribution is 9.10. The molecule has 1 heterocycles. The largest absolute Gasteiger partial charge is 0.322 e. The van der Waals surface area contributed by atoms with Crippen molar-refractivity contribution in [2.45, 2.75) is 0 Å². The number of benzene rings is 1. The molecule has 1 aliphatic heterocycles. The van der Waals surface area contributed by atoms with Gasteiger partial charge in [0.15, 0.2) is 12.1 Å². The van der Waals surface area contributed by atoms with Crippen LogP contribution in [0.2, 0.25) is 0 Å². The van der Waals surface area contributed by atoms with Gasteiger partial charge in [-0.2, -0.15) is 0 Å². The molecule has 0 fully saturated rings. The van der Waals surface area contributed by atoms with Gasteiger partial charge in [0.2, 0.25) is 0 Å². The van der Waals surface area contributed by atoms with Gasteiger partial charge in [0.25, 0.3) is 0 Å². The second kappa shape index (κ2) is 3.92. The van der Waals surface area contributed by atoms with E-state index >= 15 is 0 Å². The Morgan fingerprint density at radius 2 is 2.36 bits per heavy atom. The minimum atomic E-state index is 0.517. The molecule has 2 rings (SSSR count). The molecule has 0 spiro atoms. The van der Waals surface area contributed by atoms with Crippen molar-refractivity contribution in [2.75, 3.05) is 18.0 Å². The molecule has 0 N–H and O–H groups in total. The molecule has 0 aliphatic carbocycles. The van der Waals surface area contributed by atoms with Crippen LogP contribution in [-0.4, -0.2) is 25.2 Å². The van der Waals surface area contributed by atoms with E-state index in [2.05, 4.69) is 20.9 Å². The molecule has 0 amide bonds. The van der Waals surface area contributed by atoms with Crippen molar-refractivity contribution < 1.29 is 4.79 Å². The van der Waals surface area contributed by atoms with Gasteiger partial charge in [0, 0.05) is 16.7 Å². The Balaban J connectivity index is 2.31. The van der Waals surface area contributed by atoms with Crippen LogP contribution in [0.5, 0.6) is 0 Å². The second-order valence-corrected chi connectivity index (χ2v) is 3.90. The maximum atomic E-state index is 10.7. The van der Waals surface area contributed by atoms with Gasteiger partial charge in [-0.05, 0) is 18.2 Å². The Bertz CT molecular complexity index is 389. The summed E-state index contributed by atoms with van der Waals surface area (Å²) in [6.07, 6.45) is 0.800. The lowest BCUT2D eigenvalue weighted by Crippen LogP contribution is -2.28. The highest BCUT2D eigenvalue weighted by Gasteiger charge is 2.17. The molecule has 14 heavy (non-hydrogen) atoms. The number of halogens is 1. The van der Waals surface area contributed by atoms with E-state index in [0.717, 1.165) is 23.0 Å². The summed E-state index contributed by atoms with van der Waals surface area (Å²) in [5.41, 5.74) is 1.00. The SMILES string of the molecule is O=CC1=NCCN1c1cccc(Br)c1. The second-order valence-electron chi connectivity index (χ2n) is 2.99. The number of aldehydes is 1. The molecule has 0 bridgehead atoms. The molecule has 1 aliphatic rings. The third-order valence-corrected chi connectivity index (χ3v) is 2.59.